The van der Waals surface area contributed by atoms with Crippen LogP contribution in [0, 0.1) is 0 Å². The van der Waals surface area contributed by atoms with E-state index in [4.69, 9.17) is 0 Å². The molecule has 0 aliphatic rings. The van der Waals surface area contributed by atoms with Crippen molar-refractivity contribution in [1.82, 2.24) is 0 Å². The molecule has 0 rings (SSSR count). The van der Waals surface area contributed by atoms with E-state index in [-0.39, 0.29) is 16.8 Å². The summed E-state index contributed by atoms with van der Waals surface area (Å²) < 4.78 is 113. The van der Waals surface area contributed by atoms with Crippen LogP contribution in [0.2, 0.25) is 0 Å². The summed E-state index contributed by atoms with van der Waals surface area (Å²) >= 11 is 0. The Hall–Kier alpha value is 0.246. The molecule has 2 unspecified atom stereocenters. The molecule has 0 aliphatic heterocycles. The first-order valence-corrected chi connectivity index (χ1v) is 6.72. The number of hydrogen-bond acceptors (Lipinski definition) is 6. The molecule has 131 valence electrons. The molecule has 6 nitrogen and oxygen atoms in total. The third kappa shape index (κ3) is 33.2. The van der Waals surface area contributed by atoms with Crippen molar-refractivity contribution in [3.8, 4) is 0 Å². The van der Waals surface area contributed by atoms with Crippen molar-refractivity contribution in [2.75, 3.05) is 13.2 Å². The molecular formula is C4H4CoF8O6P2. The Kier molecular flexibility index (Phi) is 11.7. The van der Waals surface area contributed by atoms with Crippen molar-refractivity contribution in [3.05, 3.63) is 0 Å². The third-order valence-electron chi connectivity index (χ3n) is 0.765. The van der Waals surface area contributed by atoms with Gasteiger partial charge in [-0.25, -0.2) is 0 Å². The zero-order valence-corrected chi connectivity index (χ0v) is 11.9. The monoisotopic (exact) mass is 421 g/mol. The fourth-order valence-electron chi connectivity index (χ4n) is 0.301. The van der Waals surface area contributed by atoms with Gasteiger partial charge in [-0.1, -0.05) is 0 Å². The van der Waals surface area contributed by atoms with Crippen LogP contribution in [0.5, 0.6) is 0 Å². The zero-order chi connectivity index (χ0) is 16.8. The third-order valence-corrected chi connectivity index (χ3v) is 1.64. The molecule has 17 heteroatoms. The Morgan fingerprint density at radius 3 is 1.00 bits per heavy atom. The second-order valence-corrected chi connectivity index (χ2v) is 4.88. The standard InChI is InChI=1S/2C2H3F4O3P.Co/c2*3-2(4,5)1-9-10(6,7)8;/h2*1H2,(H,7,8);/q;;+2/p-2. The van der Waals surface area contributed by atoms with Gasteiger partial charge >= 0.3 is 44.9 Å². The molecule has 0 amide bonds. The maximum atomic E-state index is 11.2. The van der Waals surface area contributed by atoms with Gasteiger partial charge < -0.3 is 18.8 Å². The van der Waals surface area contributed by atoms with Gasteiger partial charge in [-0.05, 0) is 0 Å². The van der Waals surface area contributed by atoms with Crippen LogP contribution in [0.4, 0.5) is 34.7 Å². The number of alkyl halides is 6. The van der Waals surface area contributed by atoms with Crippen LogP contribution in [0.25, 0.3) is 0 Å². The number of hydrogen-bond donors (Lipinski definition) is 0. The molecule has 0 aromatic carbocycles. The molecular weight excluding hydrogens is 417 g/mol. The molecule has 0 bridgehead atoms. The fraction of sp³-hybridized carbons (Fsp3) is 1.00. The predicted molar refractivity (Wildman–Crippen MR) is 41.4 cm³/mol. The van der Waals surface area contributed by atoms with E-state index in [0.29, 0.717) is 0 Å². The predicted octanol–water partition coefficient (Wildman–Crippen LogP) is 2.00. The largest absolute Gasteiger partial charge is 2.00 e. The average Bonchev–Trinajstić information content (AvgIpc) is 2.09. The van der Waals surface area contributed by atoms with E-state index in [0.717, 1.165) is 0 Å². The van der Waals surface area contributed by atoms with Gasteiger partial charge in [0.05, 0.1) is 0 Å². The molecule has 2 atom stereocenters. The molecule has 0 spiro atoms. The fourth-order valence-corrected chi connectivity index (χ4v) is 0.902. The van der Waals surface area contributed by atoms with Crippen molar-refractivity contribution in [2.24, 2.45) is 0 Å². The van der Waals surface area contributed by atoms with Crippen LogP contribution >= 0.6 is 15.8 Å². The van der Waals surface area contributed by atoms with Crippen LogP contribution in [-0.4, -0.2) is 25.6 Å². The molecule has 0 aromatic heterocycles. The van der Waals surface area contributed by atoms with Crippen LogP contribution < -0.4 is 9.79 Å². The van der Waals surface area contributed by atoms with E-state index >= 15 is 0 Å². The van der Waals surface area contributed by atoms with Crippen LogP contribution in [-0.2, 0) is 35.0 Å². The summed E-state index contributed by atoms with van der Waals surface area (Å²) in [6.45, 7) is -4.24. The topological polar surface area (TPSA) is 98.7 Å². The molecule has 0 N–H and O–H groups in total. The van der Waals surface area contributed by atoms with Gasteiger partial charge in [0.15, 0.2) is 13.2 Å². The molecule has 1 radical (unpaired) electrons. The second-order valence-electron chi connectivity index (χ2n) is 2.64. The summed E-state index contributed by atoms with van der Waals surface area (Å²) in [5.41, 5.74) is 0. The van der Waals surface area contributed by atoms with E-state index in [1.165, 1.54) is 0 Å². The normalized spacial score (nSPS) is 17.6. The van der Waals surface area contributed by atoms with Gasteiger partial charge in [0, 0.05) is 0 Å². The van der Waals surface area contributed by atoms with Gasteiger partial charge in [0.1, 0.15) is 0 Å². The Labute approximate surface area is 121 Å². The minimum absolute atomic E-state index is 0. The maximum Gasteiger partial charge on any atom is 2.00 e. The second kappa shape index (κ2) is 9.40. The molecule has 0 aliphatic carbocycles. The Balaban J connectivity index is -0.000000295. The molecule has 21 heavy (non-hydrogen) atoms. The van der Waals surface area contributed by atoms with E-state index in [9.17, 15) is 53.7 Å². The molecule has 0 saturated carbocycles. The quantitative estimate of drug-likeness (QED) is 0.509. The Morgan fingerprint density at radius 1 is 0.762 bits per heavy atom. The van der Waals surface area contributed by atoms with Crippen LogP contribution in [0.15, 0.2) is 0 Å². The minimum atomic E-state index is -5.73. The van der Waals surface area contributed by atoms with E-state index in [1.54, 1.807) is 0 Å². The average molecular weight is 421 g/mol. The number of halogens is 8. The van der Waals surface area contributed by atoms with Crippen LogP contribution in [0.1, 0.15) is 0 Å². The van der Waals surface area contributed by atoms with Crippen molar-refractivity contribution in [2.45, 2.75) is 12.4 Å². The minimum Gasteiger partial charge on any atom is -0.753 e. The first-order valence-electron chi connectivity index (χ1n) is 3.85. The first kappa shape index (κ1) is 26.2. The molecule has 0 aromatic rings. The van der Waals surface area contributed by atoms with Crippen molar-refractivity contribution < 1.29 is 79.5 Å². The van der Waals surface area contributed by atoms with Gasteiger partial charge in [-0.2, -0.15) is 34.7 Å². The SMILES string of the molecule is O=P([O-])(F)OCC(F)(F)F.O=P([O-])(F)OCC(F)(F)F.[Co+2]. The Bertz CT molecular complexity index is 336. The van der Waals surface area contributed by atoms with E-state index < -0.39 is 41.4 Å². The maximum absolute atomic E-state index is 11.2. The van der Waals surface area contributed by atoms with E-state index in [2.05, 4.69) is 9.05 Å². The van der Waals surface area contributed by atoms with Gasteiger partial charge in [-0.3, -0.25) is 9.13 Å². The van der Waals surface area contributed by atoms with Gasteiger partial charge in [0.25, 0.3) is 0 Å². The Morgan fingerprint density at radius 2 is 0.952 bits per heavy atom. The van der Waals surface area contributed by atoms with E-state index in [1.807, 2.05) is 0 Å². The van der Waals surface area contributed by atoms with Crippen LogP contribution in [0.3, 0.4) is 0 Å². The van der Waals surface area contributed by atoms with Gasteiger partial charge in [-0.15, -0.1) is 0 Å². The smallest absolute Gasteiger partial charge is 0.753 e. The summed E-state index contributed by atoms with van der Waals surface area (Å²) in [6, 6.07) is 0. The van der Waals surface area contributed by atoms with Crippen molar-refractivity contribution in [1.29, 1.82) is 0 Å². The zero-order valence-electron chi connectivity index (χ0n) is 9.12. The summed E-state index contributed by atoms with van der Waals surface area (Å²) in [6.07, 6.45) is -9.65. The summed E-state index contributed by atoms with van der Waals surface area (Å²) in [4.78, 5) is 18.6. The summed E-state index contributed by atoms with van der Waals surface area (Å²) in [5, 5.41) is 0. The van der Waals surface area contributed by atoms with Crippen molar-refractivity contribution >= 4 is 15.8 Å². The molecule has 0 fully saturated rings. The molecule has 0 saturated heterocycles. The summed E-state index contributed by atoms with van der Waals surface area (Å²) in [7, 11) is -11.5. The summed E-state index contributed by atoms with van der Waals surface area (Å²) in [5.74, 6) is 0. The number of rotatable bonds is 4. The first-order chi connectivity index (χ1) is 8.41. The van der Waals surface area contributed by atoms with Crippen molar-refractivity contribution in [3.63, 3.8) is 0 Å². The van der Waals surface area contributed by atoms with Gasteiger partial charge in [0.2, 0.25) is 0 Å². The molecule has 0 heterocycles.